The minimum absolute atomic E-state index is 0. The second-order valence-electron chi connectivity index (χ2n) is 7.96. The Balaban J connectivity index is 0.000000960. The number of nitrogens with one attached hydrogen (secondary N) is 2. The Morgan fingerprint density at radius 1 is 1.09 bits per heavy atom. The van der Waals surface area contributed by atoms with E-state index in [9.17, 15) is 4.79 Å². The van der Waals surface area contributed by atoms with E-state index in [1.165, 1.54) is 38.5 Å². The highest BCUT2D eigenvalue weighted by molar-refractivity contribution is 5.85. The molecule has 6 heteroatoms. The van der Waals surface area contributed by atoms with E-state index in [4.69, 9.17) is 0 Å². The van der Waals surface area contributed by atoms with Crippen LogP contribution in [0.15, 0.2) is 0 Å². The Morgan fingerprint density at radius 2 is 1.74 bits per heavy atom. The van der Waals surface area contributed by atoms with E-state index in [2.05, 4.69) is 22.5 Å². The highest BCUT2D eigenvalue weighted by Crippen LogP contribution is 2.34. The third-order valence-electron chi connectivity index (χ3n) is 6.05. The summed E-state index contributed by atoms with van der Waals surface area (Å²) in [6, 6.07) is 3.25. The predicted octanol–water partition coefficient (Wildman–Crippen LogP) is 2.49. The Labute approximate surface area is 152 Å². The smallest absolute Gasteiger partial charge is 0.220 e. The lowest BCUT2D eigenvalue weighted by Gasteiger charge is -2.29. The maximum atomic E-state index is 12.3. The van der Waals surface area contributed by atoms with E-state index in [0.717, 1.165) is 25.4 Å². The molecule has 4 fully saturated rings. The monoisotopic (exact) mass is 363 g/mol. The molecule has 4 nitrogen and oxygen atoms in total. The van der Waals surface area contributed by atoms with Gasteiger partial charge in [0, 0.05) is 43.2 Å². The zero-order valence-electron chi connectivity index (χ0n) is 14.0. The van der Waals surface area contributed by atoms with Crippen molar-refractivity contribution in [3.05, 3.63) is 0 Å². The van der Waals surface area contributed by atoms with Gasteiger partial charge in [-0.2, -0.15) is 0 Å². The Hall–Kier alpha value is -0.0300. The number of carbonyl (C=O) groups excluding carboxylic acids is 1. The molecule has 1 saturated carbocycles. The van der Waals surface area contributed by atoms with Gasteiger partial charge in [0.2, 0.25) is 5.91 Å². The molecule has 0 aromatic rings. The fourth-order valence-corrected chi connectivity index (χ4v) is 4.97. The van der Waals surface area contributed by atoms with E-state index in [-0.39, 0.29) is 24.8 Å². The first kappa shape index (κ1) is 19.3. The molecule has 1 aliphatic carbocycles. The molecular formula is C17H31Cl2N3O. The van der Waals surface area contributed by atoms with Crippen molar-refractivity contribution in [2.45, 2.75) is 88.5 Å². The van der Waals surface area contributed by atoms with E-state index < -0.39 is 0 Å². The highest BCUT2D eigenvalue weighted by atomic mass is 35.5. The second kappa shape index (κ2) is 7.90. The number of hydrogen-bond donors (Lipinski definition) is 2. The molecule has 4 rings (SSSR count). The summed E-state index contributed by atoms with van der Waals surface area (Å²) in [4.78, 5) is 15.0. The lowest BCUT2D eigenvalue weighted by Crippen LogP contribution is -2.42. The minimum Gasteiger partial charge on any atom is -0.352 e. The first-order valence-corrected chi connectivity index (χ1v) is 8.98. The van der Waals surface area contributed by atoms with Crippen LogP contribution in [0.5, 0.6) is 0 Å². The predicted molar refractivity (Wildman–Crippen MR) is 97.5 cm³/mol. The van der Waals surface area contributed by atoms with Crippen molar-refractivity contribution in [3.63, 3.8) is 0 Å². The van der Waals surface area contributed by atoms with E-state index in [0.29, 0.717) is 36.0 Å². The van der Waals surface area contributed by atoms with Gasteiger partial charge >= 0.3 is 0 Å². The molecule has 1 amide bonds. The van der Waals surface area contributed by atoms with Gasteiger partial charge in [0.25, 0.3) is 0 Å². The van der Waals surface area contributed by atoms with Crippen molar-refractivity contribution in [1.82, 2.24) is 15.5 Å². The van der Waals surface area contributed by atoms with Crippen LogP contribution in [-0.2, 0) is 4.79 Å². The van der Waals surface area contributed by atoms with Gasteiger partial charge in [-0.3, -0.25) is 9.69 Å². The van der Waals surface area contributed by atoms with Gasteiger partial charge in [-0.05, 0) is 57.8 Å². The zero-order valence-corrected chi connectivity index (χ0v) is 15.6. The quantitative estimate of drug-likeness (QED) is 0.806. The third kappa shape index (κ3) is 4.53. The van der Waals surface area contributed by atoms with Crippen LogP contribution < -0.4 is 10.6 Å². The van der Waals surface area contributed by atoms with Crippen LogP contribution in [-0.4, -0.2) is 47.6 Å². The molecule has 0 aromatic heterocycles. The molecule has 23 heavy (non-hydrogen) atoms. The summed E-state index contributed by atoms with van der Waals surface area (Å²) in [6.45, 7) is 3.39. The number of halogens is 2. The summed E-state index contributed by atoms with van der Waals surface area (Å²) >= 11 is 0. The minimum atomic E-state index is 0. The van der Waals surface area contributed by atoms with E-state index in [1.54, 1.807) is 0 Å². The van der Waals surface area contributed by atoms with Gasteiger partial charge in [0.1, 0.15) is 0 Å². The van der Waals surface area contributed by atoms with Crippen LogP contribution in [0.2, 0.25) is 0 Å². The largest absolute Gasteiger partial charge is 0.352 e. The number of likely N-dealkylation sites (tertiary alicyclic amines) is 1. The molecule has 4 unspecified atom stereocenters. The number of rotatable bonds is 4. The maximum Gasteiger partial charge on any atom is 0.220 e. The lowest BCUT2D eigenvalue weighted by molar-refractivity contribution is -0.122. The topological polar surface area (TPSA) is 44.4 Å². The maximum absolute atomic E-state index is 12.3. The van der Waals surface area contributed by atoms with Crippen LogP contribution >= 0.6 is 24.8 Å². The van der Waals surface area contributed by atoms with Crippen LogP contribution in [0.3, 0.4) is 0 Å². The number of fused-ring (bicyclic) bond motifs is 2. The van der Waals surface area contributed by atoms with Crippen LogP contribution in [0.4, 0.5) is 0 Å². The lowest BCUT2D eigenvalue weighted by atomic mass is 9.89. The molecule has 3 aliphatic heterocycles. The standard InChI is InChI=1S/C17H29N3O.2ClH/c1-11-6-15(10-20(11)16-4-5-16)19-17(21)9-12-7-13-2-3-14(8-12)18-13;;/h11-16,18H,2-10H2,1H3,(H,19,21);2*1H. The van der Waals surface area contributed by atoms with Gasteiger partial charge in [0.05, 0.1) is 0 Å². The fourth-order valence-electron chi connectivity index (χ4n) is 4.97. The number of piperidine rings is 1. The zero-order chi connectivity index (χ0) is 14.4. The molecule has 0 aromatic carbocycles. The average molecular weight is 364 g/mol. The van der Waals surface area contributed by atoms with Crippen LogP contribution in [0, 0.1) is 5.92 Å². The summed E-state index contributed by atoms with van der Waals surface area (Å²) < 4.78 is 0. The molecule has 3 heterocycles. The van der Waals surface area contributed by atoms with Gasteiger partial charge in [0.15, 0.2) is 0 Å². The Kier molecular flexibility index (Phi) is 6.63. The molecule has 2 N–H and O–H groups in total. The first-order valence-electron chi connectivity index (χ1n) is 8.98. The van der Waals surface area contributed by atoms with Crippen molar-refractivity contribution in [3.8, 4) is 0 Å². The fraction of sp³-hybridized carbons (Fsp3) is 0.941. The number of nitrogens with zero attached hydrogens (tertiary/aromatic N) is 1. The SMILES string of the molecule is CC1CC(NC(=O)CC2CC3CCC(C2)N3)CN1C1CC1.Cl.Cl. The molecule has 134 valence electrons. The van der Waals surface area contributed by atoms with Gasteiger partial charge in [-0.15, -0.1) is 24.8 Å². The van der Waals surface area contributed by atoms with E-state index >= 15 is 0 Å². The van der Waals surface area contributed by atoms with Gasteiger partial charge in [-0.1, -0.05) is 0 Å². The summed E-state index contributed by atoms with van der Waals surface area (Å²) in [6.07, 6.45) is 9.67. The number of amides is 1. The molecule has 3 saturated heterocycles. The van der Waals surface area contributed by atoms with Gasteiger partial charge < -0.3 is 10.6 Å². The summed E-state index contributed by atoms with van der Waals surface area (Å²) in [5, 5.41) is 6.98. The normalized spacial score (nSPS) is 39.4. The van der Waals surface area contributed by atoms with Gasteiger partial charge in [-0.25, -0.2) is 0 Å². The van der Waals surface area contributed by atoms with Crippen molar-refractivity contribution in [2.24, 2.45) is 5.92 Å². The summed E-state index contributed by atoms with van der Waals surface area (Å²) in [5.74, 6) is 0.915. The second-order valence-corrected chi connectivity index (χ2v) is 7.96. The van der Waals surface area contributed by atoms with Crippen LogP contribution in [0.25, 0.3) is 0 Å². The Morgan fingerprint density at radius 3 is 2.35 bits per heavy atom. The van der Waals surface area contributed by atoms with E-state index in [1.807, 2.05) is 0 Å². The number of carbonyl (C=O) groups is 1. The summed E-state index contributed by atoms with van der Waals surface area (Å²) in [7, 11) is 0. The molecule has 4 aliphatic rings. The molecule has 0 spiro atoms. The van der Waals surface area contributed by atoms with Crippen molar-refractivity contribution >= 4 is 30.7 Å². The van der Waals surface area contributed by atoms with Crippen molar-refractivity contribution < 1.29 is 4.79 Å². The highest BCUT2D eigenvalue weighted by Gasteiger charge is 2.39. The van der Waals surface area contributed by atoms with Crippen LogP contribution in [0.1, 0.15) is 58.3 Å². The molecule has 4 atom stereocenters. The van der Waals surface area contributed by atoms with Crippen molar-refractivity contribution in [1.29, 1.82) is 0 Å². The average Bonchev–Trinajstić information content (AvgIpc) is 3.13. The number of hydrogen-bond acceptors (Lipinski definition) is 3. The molecule has 0 radical (unpaired) electrons. The summed E-state index contributed by atoms with van der Waals surface area (Å²) in [5.41, 5.74) is 0. The first-order chi connectivity index (χ1) is 10.2. The molecular weight excluding hydrogens is 333 g/mol. The molecule has 2 bridgehead atoms. The Bertz CT molecular complexity index is 407. The third-order valence-corrected chi connectivity index (χ3v) is 6.05. The van der Waals surface area contributed by atoms with Crippen molar-refractivity contribution in [2.75, 3.05) is 6.54 Å².